The van der Waals surface area contributed by atoms with Crippen LogP contribution in [0.15, 0.2) is 18.2 Å². The lowest BCUT2D eigenvalue weighted by Gasteiger charge is -2.11. The molecule has 1 rings (SSSR count). The predicted octanol–water partition coefficient (Wildman–Crippen LogP) is 2.82. The van der Waals surface area contributed by atoms with Gasteiger partial charge in [0.2, 0.25) is 0 Å². The predicted molar refractivity (Wildman–Crippen MR) is 62.8 cm³/mol. The molecule has 0 radical (unpaired) electrons. The molecule has 0 saturated carbocycles. The quantitative estimate of drug-likeness (QED) is 0.580. The van der Waals surface area contributed by atoms with E-state index in [1.54, 1.807) is 27.0 Å². The van der Waals surface area contributed by atoms with Crippen molar-refractivity contribution < 1.29 is 14.3 Å². The van der Waals surface area contributed by atoms with E-state index in [1.807, 2.05) is 12.1 Å². The third-order valence-electron chi connectivity index (χ3n) is 2.32. The molecule has 0 aliphatic rings. The second-order valence-electron chi connectivity index (χ2n) is 3.91. The van der Waals surface area contributed by atoms with E-state index in [-0.39, 0.29) is 11.9 Å². The number of aryl methyl sites for hydroxylation is 1. The molecule has 0 fully saturated rings. The Hall–Kier alpha value is -1.51. The first-order chi connectivity index (χ1) is 7.58. The fraction of sp³-hybridized carbons (Fsp3) is 0.462. The Labute approximate surface area is 96.4 Å². The summed E-state index contributed by atoms with van der Waals surface area (Å²) in [6.07, 6.45) is 0.925. The lowest BCUT2D eigenvalue weighted by atomic mass is 10.1. The molecule has 16 heavy (non-hydrogen) atoms. The van der Waals surface area contributed by atoms with Crippen molar-refractivity contribution in [2.75, 3.05) is 7.11 Å². The number of ether oxygens (including phenoxy) is 2. The van der Waals surface area contributed by atoms with E-state index in [9.17, 15) is 4.79 Å². The highest BCUT2D eigenvalue weighted by molar-refractivity contribution is 5.75. The molecule has 0 heterocycles. The molecule has 0 atom stereocenters. The van der Waals surface area contributed by atoms with Crippen LogP contribution in [0.4, 0.5) is 0 Å². The van der Waals surface area contributed by atoms with Gasteiger partial charge in [0, 0.05) is 0 Å². The molecule has 0 aromatic heterocycles. The summed E-state index contributed by atoms with van der Waals surface area (Å²) >= 11 is 0. The molecule has 3 heteroatoms. The number of benzene rings is 1. The Kier molecular flexibility index (Phi) is 4.35. The lowest BCUT2D eigenvalue weighted by molar-refractivity contribution is -0.137. The number of carbonyl (C=O) groups is 1. The van der Waals surface area contributed by atoms with Crippen LogP contribution in [-0.4, -0.2) is 13.1 Å². The maximum atomic E-state index is 11.5. The van der Waals surface area contributed by atoms with Crippen LogP contribution >= 0.6 is 0 Å². The molecule has 0 unspecified atom stereocenters. The largest absolute Gasteiger partial charge is 0.493 e. The first kappa shape index (κ1) is 12.6. The summed E-state index contributed by atoms with van der Waals surface area (Å²) in [6.45, 7) is 5.67. The average molecular weight is 222 g/mol. The highest BCUT2D eigenvalue weighted by Crippen LogP contribution is 2.28. The van der Waals surface area contributed by atoms with Gasteiger partial charge in [0.25, 0.3) is 0 Å². The van der Waals surface area contributed by atoms with Crippen LogP contribution in [-0.2, 0) is 11.2 Å². The molecule has 0 N–H and O–H groups in total. The van der Waals surface area contributed by atoms with Gasteiger partial charge in [0.05, 0.1) is 13.0 Å². The zero-order chi connectivity index (χ0) is 12.1. The molecule has 1 aromatic carbocycles. The van der Waals surface area contributed by atoms with E-state index >= 15 is 0 Å². The molecule has 0 spiro atoms. The number of hydrogen-bond acceptors (Lipinski definition) is 3. The summed E-state index contributed by atoms with van der Waals surface area (Å²) < 4.78 is 10.4. The second-order valence-corrected chi connectivity index (χ2v) is 3.91. The molecule has 0 bridgehead atoms. The first-order valence-corrected chi connectivity index (χ1v) is 5.47. The fourth-order valence-electron chi connectivity index (χ4n) is 1.24. The maximum Gasteiger partial charge on any atom is 0.313 e. The van der Waals surface area contributed by atoms with Gasteiger partial charge in [-0.05, 0) is 24.1 Å². The van der Waals surface area contributed by atoms with E-state index in [0.29, 0.717) is 11.5 Å². The van der Waals surface area contributed by atoms with E-state index in [1.165, 1.54) is 0 Å². The zero-order valence-electron chi connectivity index (χ0n) is 10.2. The highest BCUT2D eigenvalue weighted by atomic mass is 16.6. The fourth-order valence-corrected chi connectivity index (χ4v) is 1.24. The van der Waals surface area contributed by atoms with Gasteiger partial charge in [0.1, 0.15) is 0 Å². The average Bonchev–Trinajstić information content (AvgIpc) is 2.29. The molecule has 0 aliphatic heterocycles. The zero-order valence-corrected chi connectivity index (χ0v) is 10.2. The minimum absolute atomic E-state index is 0.143. The monoisotopic (exact) mass is 222 g/mol. The Balaban J connectivity index is 2.91. The second kappa shape index (κ2) is 5.54. The van der Waals surface area contributed by atoms with Gasteiger partial charge >= 0.3 is 5.97 Å². The summed E-state index contributed by atoms with van der Waals surface area (Å²) in [7, 11) is 1.57. The van der Waals surface area contributed by atoms with Crippen molar-refractivity contribution in [2.24, 2.45) is 5.92 Å². The molecule has 0 amide bonds. The summed E-state index contributed by atoms with van der Waals surface area (Å²) in [4.78, 5) is 11.5. The van der Waals surface area contributed by atoms with Crippen molar-refractivity contribution in [1.82, 2.24) is 0 Å². The molecule has 88 valence electrons. The molecule has 1 aromatic rings. The Morgan fingerprint density at radius 3 is 2.50 bits per heavy atom. The van der Waals surface area contributed by atoms with E-state index in [4.69, 9.17) is 9.47 Å². The highest BCUT2D eigenvalue weighted by Gasteiger charge is 2.13. The van der Waals surface area contributed by atoms with E-state index in [2.05, 4.69) is 6.92 Å². The number of hydrogen-bond donors (Lipinski definition) is 0. The topological polar surface area (TPSA) is 35.5 Å². The van der Waals surface area contributed by atoms with Crippen LogP contribution in [0.1, 0.15) is 26.3 Å². The van der Waals surface area contributed by atoms with Crippen LogP contribution in [0, 0.1) is 5.92 Å². The SMILES string of the molecule is CCc1ccc(OC(=O)C(C)C)c(OC)c1. The summed E-state index contributed by atoms with van der Waals surface area (Å²) in [5.74, 6) is 0.699. The number of rotatable bonds is 4. The van der Waals surface area contributed by atoms with Crippen molar-refractivity contribution in [3.63, 3.8) is 0 Å². The van der Waals surface area contributed by atoms with Crippen molar-refractivity contribution in [3.05, 3.63) is 23.8 Å². The molecule has 3 nitrogen and oxygen atoms in total. The molecular weight excluding hydrogens is 204 g/mol. The van der Waals surface area contributed by atoms with Gasteiger partial charge in [-0.15, -0.1) is 0 Å². The van der Waals surface area contributed by atoms with Gasteiger partial charge in [-0.25, -0.2) is 0 Å². The van der Waals surface area contributed by atoms with Crippen molar-refractivity contribution in [3.8, 4) is 11.5 Å². The lowest BCUT2D eigenvalue weighted by Crippen LogP contribution is -2.15. The third kappa shape index (κ3) is 2.99. The minimum atomic E-state index is -0.248. The molecule has 0 aliphatic carbocycles. The van der Waals surface area contributed by atoms with Gasteiger partial charge in [0.15, 0.2) is 11.5 Å². The smallest absolute Gasteiger partial charge is 0.313 e. The summed E-state index contributed by atoms with van der Waals surface area (Å²) in [5, 5.41) is 0. The molecular formula is C13H18O3. The van der Waals surface area contributed by atoms with Crippen LogP contribution in [0.2, 0.25) is 0 Å². The Morgan fingerprint density at radius 1 is 1.31 bits per heavy atom. The maximum absolute atomic E-state index is 11.5. The number of carbonyl (C=O) groups excluding carboxylic acids is 1. The van der Waals surface area contributed by atoms with Gasteiger partial charge in [-0.1, -0.05) is 26.8 Å². The van der Waals surface area contributed by atoms with Gasteiger partial charge in [-0.2, -0.15) is 0 Å². The summed E-state index contributed by atoms with van der Waals surface area (Å²) in [5.41, 5.74) is 1.15. The Bertz CT molecular complexity index is 369. The van der Waals surface area contributed by atoms with Gasteiger partial charge in [-0.3, -0.25) is 4.79 Å². The van der Waals surface area contributed by atoms with Crippen LogP contribution < -0.4 is 9.47 Å². The van der Waals surface area contributed by atoms with E-state index < -0.39 is 0 Å². The van der Waals surface area contributed by atoms with Crippen LogP contribution in [0.25, 0.3) is 0 Å². The number of esters is 1. The third-order valence-corrected chi connectivity index (χ3v) is 2.32. The van der Waals surface area contributed by atoms with Crippen molar-refractivity contribution >= 4 is 5.97 Å². The Morgan fingerprint density at radius 2 is 2.00 bits per heavy atom. The molecule has 0 saturated heterocycles. The normalized spacial score (nSPS) is 10.3. The van der Waals surface area contributed by atoms with Crippen molar-refractivity contribution in [1.29, 1.82) is 0 Å². The van der Waals surface area contributed by atoms with E-state index in [0.717, 1.165) is 12.0 Å². The minimum Gasteiger partial charge on any atom is -0.493 e. The van der Waals surface area contributed by atoms with Crippen LogP contribution in [0.3, 0.4) is 0 Å². The number of methoxy groups -OCH3 is 1. The van der Waals surface area contributed by atoms with Crippen LogP contribution in [0.5, 0.6) is 11.5 Å². The van der Waals surface area contributed by atoms with Crippen molar-refractivity contribution in [2.45, 2.75) is 27.2 Å². The standard InChI is InChI=1S/C13H18O3/c1-5-10-6-7-11(12(8-10)15-4)16-13(14)9(2)3/h6-9H,5H2,1-4H3. The van der Waals surface area contributed by atoms with Gasteiger partial charge < -0.3 is 9.47 Å². The first-order valence-electron chi connectivity index (χ1n) is 5.47. The summed E-state index contributed by atoms with van der Waals surface area (Å²) in [6, 6.07) is 5.60.